The van der Waals surface area contributed by atoms with Gasteiger partial charge in [-0.15, -0.1) is 11.3 Å². The minimum atomic E-state index is -0.443. The summed E-state index contributed by atoms with van der Waals surface area (Å²) in [7, 11) is 0. The molecule has 0 aliphatic heterocycles. The van der Waals surface area contributed by atoms with Crippen molar-refractivity contribution in [1.29, 1.82) is 0 Å². The molecule has 2 heterocycles. The molecule has 0 bridgehead atoms. The summed E-state index contributed by atoms with van der Waals surface area (Å²) in [5.41, 5.74) is 4.66. The van der Waals surface area contributed by atoms with Gasteiger partial charge in [0, 0.05) is 10.4 Å². The van der Waals surface area contributed by atoms with Crippen molar-refractivity contribution in [3.05, 3.63) is 81.7 Å². The van der Waals surface area contributed by atoms with Crippen LogP contribution in [0.4, 0.5) is 0 Å². The first-order valence-electron chi connectivity index (χ1n) is 9.18. The molecule has 2 aromatic carbocycles. The summed E-state index contributed by atoms with van der Waals surface area (Å²) in [5, 5.41) is 13.7. The van der Waals surface area contributed by atoms with Crippen molar-refractivity contribution in [2.75, 3.05) is 0 Å². The highest BCUT2D eigenvalue weighted by atomic mass is 32.1. The number of aryl methyl sites for hydroxylation is 1. The van der Waals surface area contributed by atoms with Crippen molar-refractivity contribution < 1.29 is 9.90 Å². The summed E-state index contributed by atoms with van der Waals surface area (Å²) >= 11 is 1.46. The van der Waals surface area contributed by atoms with Crippen LogP contribution in [0.5, 0.6) is 5.75 Å². The Labute approximate surface area is 176 Å². The molecule has 7 nitrogen and oxygen atoms in total. The second-order valence-corrected chi connectivity index (χ2v) is 7.84. The van der Waals surface area contributed by atoms with Gasteiger partial charge in [-0.05, 0) is 42.3 Å². The monoisotopic (exact) mass is 418 g/mol. The summed E-state index contributed by atoms with van der Waals surface area (Å²) in [6, 6.07) is 16.1. The highest BCUT2D eigenvalue weighted by Gasteiger charge is 2.17. The summed E-state index contributed by atoms with van der Waals surface area (Å²) < 4.78 is 1.28. The smallest absolute Gasteiger partial charge is 0.263 e. The molecule has 0 spiro atoms. The number of carbonyl (C=O) groups excluding carboxylic acids is 1. The second-order valence-electron chi connectivity index (χ2n) is 6.64. The number of benzene rings is 2. The van der Waals surface area contributed by atoms with Gasteiger partial charge in [0.05, 0.1) is 17.9 Å². The SMILES string of the molecule is Cc1sc2ncn(CC(=O)N/N=C\c3ccc(O)cc3)c(=O)c2c1-c1ccccc1. The van der Waals surface area contributed by atoms with Gasteiger partial charge < -0.3 is 5.11 Å². The van der Waals surface area contributed by atoms with Gasteiger partial charge in [0.25, 0.3) is 11.5 Å². The fourth-order valence-corrected chi connectivity index (χ4v) is 4.14. The Kier molecular flexibility index (Phi) is 5.40. The predicted molar refractivity (Wildman–Crippen MR) is 118 cm³/mol. The molecule has 0 aliphatic rings. The number of hydrazone groups is 1. The number of fused-ring (bicyclic) bond motifs is 1. The van der Waals surface area contributed by atoms with Gasteiger partial charge >= 0.3 is 0 Å². The van der Waals surface area contributed by atoms with Crippen molar-refractivity contribution in [2.45, 2.75) is 13.5 Å². The highest BCUT2D eigenvalue weighted by molar-refractivity contribution is 7.19. The zero-order valence-electron chi connectivity index (χ0n) is 16.1. The van der Waals surface area contributed by atoms with E-state index in [1.807, 2.05) is 37.3 Å². The number of nitrogens with one attached hydrogen (secondary N) is 1. The van der Waals surface area contributed by atoms with Gasteiger partial charge in [0.2, 0.25) is 0 Å². The van der Waals surface area contributed by atoms with E-state index < -0.39 is 5.91 Å². The number of phenolic OH excluding ortho intramolecular Hbond substituents is 1. The summed E-state index contributed by atoms with van der Waals surface area (Å²) in [6.07, 6.45) is 2.84. The molecule has 150 valence electrons. The fourth-order valence-electron chi connectivity index (χ4n) is 3.13. The van der Waals surface area contributed by atoms with E-state index in [0.717, 1.165) is 21.6 Å². The van der Waals surface area contributed by atoms with Crippen LogP contribution in [0, 0.1) is 6.92 Å². The topological polar surface area (TPSA) is 96.6 Å². The lowest BCUT2D eigenvalue weighted by molar-refractivity contribution is -0.121. The number of amides is 1. The van der Waals surface area contributed by atoms with E-state index in [2.05, 4.69) is 15.5 Å². The molecule has 30 heavy (non-hydrogen) atoms. The largest absolute Gasteiger partial charge is 0.508 e. The Bertz CT molecular complexity index is 1290. The van der Waals surface area contributed by atoms with Crippen molar-refractivity contribution in [3.63, 3.8) is 0 Å². The maximum atomic E-state index is 13.1. The summed E-state index contributed by atoms with van der Waals surface area (Å²) in [5.74, 6) is -0.293. The molecule has 0 unspecified atom stereocenters. The number of aromatic hydroxyl groups is 1. The van der Waals surface area contributed by atoms with E-state index in [0.29, 0.717) is 10.2 Å². The van der Waals surface area contributed by atoms with E-state index >= 15 is 0 Å². The lowest BCUT2D eigenvalue weighted by atomic mass is 10.0. The van der Waals surface area contributed by atoms with Crippen LogP contribution < -0.4 is 11.0 Å². The second kappa shape index (κ2) is 8.30. The number of hydrogen-bond acceptors (Lipinski definition) is 6. The molecule has 0 aliphatic carbocycles. The highest BCUT2D eigenvalue weighted by Crippen LogP contribution is 2.35. The molecule has 0 atom stereocenters. The van der Waals surface area contributed by atoms with Crippen LogP contribution in [-0.2, 0) is 11.3 Å². The van der Waals surface area contributed by atoms with Crippen molar-refractivity contribution in [1.82, 2.24) is 15.0 Å². The molecule has 2 N–H and O–H groups in total. The van der Waals surface area contributed by atoms with Crippen LogP contribution in [-0.4, -0.2) is 26.8 Å². The Balaban J connectivity index is 1.57. The van der Waals surface area contributed by atoms with Gasteiger partial charge in [-0.25, -0.2) is 10.4 Å². The molecule has 0 radical (unpaired) electrons. The maximum Gasteiger partial charge on any atom is 0.263 e. The third-order valence-electron chi connectivity index (χ3n) is 4.53. The maximum absolute atomic E-state index is 13.1. The number of aromatic nitrogens is 2. The van der Waals surface area contributed by atoms with Crippen molar-refractivity contribution in [2.24, 2.45) is 5.10 Å². The Morgan fingerprint density at radius 3 is 2.67 bits per heavy atom. The zero-order chi connectivity index (χ0) is 21.1. The molecule has 0 saturated heterocycles. The van der Waals surface area contributed by atoms with Crippen LogP contribution in [0.3, 0.4) is 0 Å². The number of hydrogen-bond donors (Lipinski definition) is 2. The van der Waals surface area contributed by atoms with Crippen LogP contribution in [0.1, 0.15) is 10.4 Å². The number of carbonyl (C=O) groups is 1. The average Bonchev–Trinajstić information content (AvgIpc) is 3.09. The standard InChI is InChI=1S/C22H18N4O3S/c1-14-19(16-5-3-2-4-6-16)20-21(30-14)23-13-26(22(20)29)12-18(28)25-24-11-15-7-9-17(27)10-8-15/h2-11,13,27H,12H2,1H3,(H,25,28)/b24-11-. The first-order chi connectivity index (χ1) is 14.5. The van der Waals surface area contributed by atoms with Gasteiger partial charge in [-0.2, -0.15) is 5.10 Å². The van der Waals surface area contributed by atoms with E-state index in [1.165, 1.54) is 40.6 Å². The van der Waals surface area contributed by atoms with Crippen LogP contribution in [0.25, 0.3) is 21.3 Å². The van der Waals surface area contributed by atoms with E-state index in [4.69, 9.17) is 0 Å². The summed E-state index contributed by atoms with van der Waals surface area (Å²) in [4.78, 5) is 31.4. The van der Waals surface area contributed by atoms with Gasteiger partial charge in [-0.1, -0.05) is 30.3 Å². The van der Waals surface area contributed by atoms with E-state index in [-0.39, 0.29) is 17.9 Å². The number of phenols is 1. The molecule has 0 saturated carbocycles. The van der Waals surface area contributed by atoms with E-state index in [1.54, 1.807) is 12.1 Å². The van der Waals surface area contributed by atoms with Crippen LogP contribution in [0.2, 0.25) is 0 Å². The minimum absolute atomic E-state index is 0.150. The van der Waals surface area contributed by atoms with Crippen LogP contribution >= 0.6 is 11.3 Å². The fraction of sp³-hybridized carbons (Fsp3) is 0.0909. The minimum Gasteiger partial charge on any atom is -0.508 e. The van der Waals surface area contributed by atoms with E-state index in [9.17, 15) is 14.7 Å². The van der Waals surface area contributed by atoms with Gasteiger partial charge in [0.15, 0.2) is 0 Å². The van der Waals surface area contributed by atoms with Crippen molar-refractivity contribution in [3.8, 4) is 16.9 Å². The molecule has 8 heteroatoms. The first kappa shape index (κ1) is 19.5. The molecular formula is C22H18N4O3S. The van der Waals surface area contributed by atoms with Gasteiger partial charge in [0.1, 0.15) is 17.1 Å². The molecule has 1 amide bonds. The average molecular weight is 418 g/mol. The number of rotatable bonds is 5. The molecule has 0 fully saturated rings. The normalized spacial score (nSPS) is 11.2. The lowest BCUT2D eigenvalue weighted by Gasteiger charge is -2.06. The summed E-state index contributed by atoms with van der Waals surface area (Å²) in [6.45, 7) is 1.76. The van der Waals surface area contributed by atoms with Gasteiger partial charge in [-0.3, -0.25) is 14.2 Å². The predicted octanol–water partition coefficient (Wildman–Crippen LogP) is 3.29. The lowest BCUT2D eigenvalue weighted by Crippen LogP contribution is -2.30. The molecule has 2 aromatic heterocycles. The third-order valence-corrected chi connectivity index (χ3v) is 5.54. The third kappa shape index (κ3) is 3.99. The Morgan fingerprint density at radius 2 is 1.93 bits per heavy atom. The molecule has 4 aromatic rings. The quantitative estimate of drug-likeness (QED) is 0.384. The number of nitrogens with zero attached hydrogens (tertiary/aromatic N) is 3. The molecule has 4 rings (SSSR count). The Hall–Kier alpha value is -3.78. The zero-order valence-corrected chi connectivity index (χ0v) is 16.9. The Morgan fingerprint density at radius 1 is 1.20 bits per heavy atom. The van der Waals surface area contributed by atoms with Crippen molar-refractivity contribution >= 4 is 33.7 Å². The number of thiophene rings is 1. The molecular weight excluding hydrogens is 400 g/mol. The first-order valence-corrected chi connectivity index (χ1v) is 9.99. The van der Waals surface area contributed by atoms with Crippen LogP contribution in [0.15, 0.2) is 70.8 Å².